The minimum absolute atomic E-state index is 0.185. The van der Waals surface area contributed by atoms with Gasteiger partial charge < -0.3 is 9.47 Å². The quantitative estimate of drug-likeness (QED) is 0.688. The van der Waals surface area contributed by atoms with Gasteiger partial charge >= 0.3 is 11.9 Å². The van der Waals surface area contributed by atoms with Gasteiger partial charge in [-0.2, -0.15) is 0 Å². The molecule has 0 bridgehead atoms. The Morgan fingerprint density at radius 3 is 1.22 bits per heavy atom. The Bertz CT molecular complexity index is 198. The van der Waals surface area contributed by atoms with Crippen LogP contribution >= 0.6 is 0 Å². The molecule has 0 aliphatic heterocycles. The first kappa shape index (κ1) is 19.3. The molecule has 4 nitrogen and oxygen atoms in total. The van der Waals surface area contributed by atoms with Crippen LogP contribution in [0.5, 0.6) is 0 Å². The molecule has 0 heterocycles. The molecule has 0 unspecified atom stereocenters. The molecule has 0 aliphatic rings. The first-order valence-corrected chi connectivity index (χ1v) is 6.52. The van der Waals surface area contributed by atoms with E-state index >= 15 is 0 Å². The predicted molar refractivity (Wildman–Crippen MR) is 72.2 cm³/mol. The first-order chi connectivity index (χ1) is 8.25. The average molecular weight is 260 g/mol. The van der Waals surface area contributed by atoms with Crippen LogP contribution in [0.4, 0.5) is 0 Å². The van der Waals surface area contributed by atoms with Crippen molar-refractivity contribution in [1.82, 2.24) is 0 Å². The highest BCUT2D eigenvalue weighted by Gasteiger charge is 1.95. The summed E-state index contributed by atoms with van der Waals surface area (Å²) in [6, 6.07) is 0. The number of hydrogen-bond donors (Lipinski definition) is 0. The Kier molecular flexibility index (Phi) is 13.3. The third-order valence-corrected chi connectivity index (χ3v) is 2.00. The topological polar surface area (TPSA) is 52.6 Å². The van der Waals surface area contributed by atoms with Crippen molar-refractivity contribution in [1.29, 1.82) is 0 Å². The zero-order valence-electron chi connectivity index (χ0n) is 12.6. The zero-order chi connectivity index (χ0) is 14.6. The molecule has 0 aromatic heterocycles. The van der Waals surface area contributed by atoms with E-state index in [1.807, 2.05) is 0 Å². The van der Waals surface area contributed by atoms with Gasteiger partial charge in [0, 0.05) is 13.8 Å². The maximum Gasteiger partial charge on any atom is 0.302 e. The van der Waals surface area contributed by atoms with E-state index in [1.54, 1.807) is 0 Å². The van der Waals surface area contributed by atoms with Gasteiger partial charge in [-0.05, 0) is 24.7 Å². The van der Waals surface area contributed by atoms with Gasteiger partial charge in [0.1, 0.15) is 0 Å². The molecule has 0 saturated carbocycles. The van der Waals surface area contributed by atoms with Crippen molar-refractivity contribution < 1.29 is 19.1 Å². The Balaban J connectivity index is 0. The third kappa shape index (κ3) is 24.3. The summed E-state index contributed by atoms with van der Waals surface area (Å²) in [5.41, 5.74) is 0. The average Bonchev–Trinajstić information content (AvgIpc) is 2.15. The van der Waals surface area contributed by atoms with Crippen LogP contribution in [0, 0.1) is 11.8 Å². The van der Waals surface area contributed by atoms with Gasteiger partial charge in [-0.15, -0.1) is 0 Å². The largest absolute Gasteiger partial charge is 0.466 e. The van der Waals surface area contributed by atoms with E-state index in [-0.39, 0.29) is 11.9 Å². The van der Waals surface area contributed by atoms with E-state index in [0.29, 0.717) is 25.0 Å². The van der Waals surface area contributed by atoms with Crippen LogP contribution in [0.25, 0.3) is 0 Å². The van der Waals surface area contributed by atoms with Gasteiger partial charge in [-0.25, -0.2) is 0 Å². The van der Waals surface area contributed by atoms with Crippen LogP contribution in [-0.4, -0.2) is 25.2 Å². The molecule has 0 radical (unpaired) electrons. The monoisotopic (exact) mass is 260 g/mol. The zero-order valence-corrected chi connectivity index (χ0v) is 12.6. The van der Waals surface area contributed by atoms with Gasteiger partial charge in [0.25, 0.3) is 0 Å². The fourth-order valence-corrected chi connectivity index (χ4v) is 0.877. The lowest BCUT2D eigenvalue weighted by molar-refractivity contribution is -0.142. The molecule has 0 rings (SSSR count). The van der Waals surface area contributed by atoms with Crippen molar-refractivity contribution in [2.75, 3.05) is 13.2 Å². The minimum Gasteiger partial charge on any atom is -0.466 e. The van der Waals surface area contributed by atoms with Gasteiger partial charge in [0.15, 0.2) is 0 Å². The van der Waals surface area contributed by atoms with Crippen molar-refractivity contribution in [3.05, 3.63) is 0 Å². The number of carbonyl (C=O) groups excluding carboxylic acids is 2. The normalized spacial score (nSPS) is 9.78. The Morgan fingerprint density at radius 1 is 0.778 bits per heavy atom. The summed E-state index contributed by atoms with van der Waals surface area (Å²) in [5, 5.41) is 0. The van der Waals surface area contributed by atoms with Crippen LogP contribution in [0.15, 0.2) is 0 Å². The second-order valence-electron chi connectivity index (χ2n) is 5.05. The summed E-state index contributed by atoms with van der Waals surface area (Å²) in [7, 11) is 0. The summed E-state index contributed by atoms with van der Waals surface area (Å²) in [6.45, 7) is 12.4. The van der Waals surface area contributed by atoms with Crippen molar-refractivity contribution >= 4 is 11.9 Å². The van der Waals surface area contributed by atoms with E-state index in [1.165, 1.54) is 13.8 Å². The highest BCUT2D eigenvalue weighted by Crippen LogP contribution is 1.98. The molecule has 18 heavy (non-hydrogen) atoms. The van der Waals surface area contributed by atoms with E-state index < -0.39 is 0 Å². The van der Waals surface area contributed by atoms with Crippen molar-refractivity contribution in [2.24, 2.45) is 11.8 Å². The van der Waals surface area contributed by atoms with Crippen LogP contribution in [-0.2, 0) is 19.1 Å². The molecular weight excluding hydrogens is 232 g/mol. The number of rotatable bonds is 6. The van der Waals surface area contributed by atoms with Crippen LogP contribution in [0.1, 0.15) is 54.4 Å². The van der Waals surface area contributed by atoms with Gasteiger partial charge in [-0.3, -0.25) is 9.59 Å². The molecule has 0 N–H and O–H groups in total. The number of carbonyl (C=O) groups is 2. The maximum atomic E-state index is 10.2. The van der Waals surface area contributed by atoms with Crippen molar-refractivity contribution in [3.63, 3.8) is 0 Å². The highest BCUT2D eigenvalue weighted by molar-refractivity contribution is 5.66. The molecular formula is C14H28O4. The highest BCUT2D eigenvalue weighted by atomic mass is 16.5. The van der Waals surface area contributed by atoms with Crippen molar-refractivity contribution in [2.45, 2.75) is 54.4 Å². The number of ether oxygens (including phenoxy) is 2. The third-order valence-electron chi connectivity index (χ3n) is 2.00. The Hall–Kier alpha value is -1.06. The predicted octanol–water partition coefficient (Wildman–Crippen LogP) is 3.19. The summed E-state index contributed by atoms with van der Waals surface area (Å²) in [4.78, 5) is 20.4. The second kappa shape index (κ2) is 12.4. The van der Waals surface area contributed by atoms with Gasteiger partial charge in [-0.1, -0.05) is 27.7 Å². The van der Waals surface area contributed by atoms with E-state index in [9.17, 15) is 9.59 Å². The summed E-state index contributed by atoms with van der Waals surface area (Å²) >= 11 is 0. The molecule has 0 saturated heterocycles. The molecule has 0 aromatic carbocycles. The second-order valence-corrected chi connectivity index (χ2v) is 5.05. The van der Waals surface area contributed by atoms with Crippen LogP contribution < -0.4 is 0 Å². The fourth-order valence-electron chi connectivity index (χ4n) is 0.877. The SMILES string of the molecule is CC(=O)OCCC(C)C.CC(=O)OCCC(C)C. The standard InChI is InChI=1S/2C7H14O2/c2*1-6(2)4-5-9-7(3)8/h2*6H,4-5H2,1-3H3. The van der Waals surface area contributed by atoms with Gasteiger partial charge in [0.2, 0.25) is 0 Å². The molecule has 0 aliphatic carbocycles. The molecule has 0 fully saturated rings. The fraction of sp³-hybridized carbons (Fsp3) is 0.857. The molecule has 0 spiro atoms. The van der Waals surface area contributed by atoms with Crippen molar-refractivity contribution in [3.8, 4) is 0 Å². The molecule has 0 atom stereocenters. The maximum absolute atomic E-state index is 10.2. The van der Waals surface area contributed by atoms with E-state index in [4.69, 9.17) is 9.47 Å². The Labute approximate surface area is 111 Å². The summed E-state index contributed by atoms with van der Waals surface area (Å²) in [6.07, 6.45) is 1.92. The number of esters is 2. The lowest BCUT2D eigenvalue weighted by atomic mass is 10.1. The molecule has 0 aromatic rings. The van der Waals surface area contributed by atoms with E-state index in [0.717, 1.165) is 12.8 Å². The summed E-state index contributed by atoms with van der Waals surface area (Å²) in [5.74, 6) is 0.861. The lowest BCUT2D eigenvalue weighted by Gasteiger charge is -2.02. The Morgan fingerprint density at radius 2 is 1.06 bits per heavy atom. The van der Waals surface area contributed by atoms with E-state index in [2.05, 4.69) is 27.7 Å². The first-order valence-electron chi connectivity index (χ1n) is 6.52. The molecule has 0 amide bonds. The van der Waals surface area contributed by atoms with Gasteiger partial charge in [0.05, 0.1) is 13.2 Å². The minimum atomic E-state index is -0.185. The summed E-state index contributed by atoms with van der Waals surface area (Å²) < 4.78 is 9.43. The molecule has 4 heteroatoms. The van der Waals surface area contributed by atoms with Crippen LogP contribution in [0.3, 0.4) is 0 Å². The molecule has 108 valence electrons. The number of hydrogen-bond acceptors (Lipinski definition) is 4. The van der Waals surface area contributed by atoms with Crippen LogP contribution in [0.2, 0.25) is 0 Å². The lowest BCUT2D eigenvalue weighted by Crippen LogP contribution is -2.02. The smallest absolute Gasteiger partial charge is 0.302 e.